The van der Waals surface area contributed by atoms with Gasteiger partial charge in [-0.1, -0.05) is 6.07 Å². The summed E-state index contributed by atoms with van der Waals surface area (Å²) in [5.41, 5.74) is 4.47. The average Bonchev–Trinajstić information content (AvgIpc) is 2.77. The minimum atomic E-state index is -0.831. The Labute approximate surface area is 108 Å². The highest BCUT2D eigenvalue weighted by Crippen LogP contribution is 2.23. The van der Waals surface area contributed by atoms with Gasteiger partial charge in [0.2, 0.25) is 0 Å². The summed E-state index contributed by atoms with van der Waals surface area (Å²) >= 11 is 1.63. The molecule has 1 aromatic heterocycles. The second-order valence-electron chi connectivity index (χ2n) is 4.16. The van der Waals surface area contributed by atoms with Crippen LogP contribution in [0.2, 0.25) is 0 Å². The van der Waals surface area contributed by atoms with E-state index in [0.717, 1.165) is 11.6 Å². The first-order valence-electron chi connectivity index (χ1n) is 5.55. The molecule has 1 unspecified atom stereocenters. The molecule has 0 aliphatic carbocycles. The van der Waals surface area contributed by atoms with Gasteiger partial charge in [-0.2, -0.15) is 0 Å². The van der Waals surface area contributed by atoms with E-state index in [9.17, 15) is 8.78 Å². The molecule has 0 saturated heterocycles. The van der Waals surface area contributed by atoms with Gasteiger partial charge in [-0.15, -0.1) is 11.3 Å². The van der Waals surface area contributed by atoms with Crippen molar-refractivity contribution in [1.82, 2.24) is 5.43 Å². The molecule has 5 heteroatoms. The Hall–Kier alpha value is -1.30. The molecule has 96 valence electrons. The van der Waals surface area contributed by atoms with Gasteiger partial charge in [0.15, 0.2) is 11.6 Å². The van der Waals surface area contributed by atoms with Crippen LogP contribution in [0.25, 0.3) is 0 Å². The molecule has 0 aliphatic heterocycles. The molecule has 1 heterocycles. The van der Waals surface area contributed by atoms with Gasteiger partial charge in [-0.05, 0) is 48.1 Å². The SMILES string of the molecule is Cc1cc(C(Cc2ccc(F)c(F)c2)NN)cs1. The Kier molecular flexibility index (Phi) is 4.06. The number of benzene rings is 1. The number of aryl methyl sites for hydroxylation is 1. The molecule has 0 spiro atoms. The van der Waals surface area contributed by atoms with E-state index in [1.807, 2.05) is 18.4 Å². The largest absolute Gasteiger partial charge is 0.271 e. The monoisotopic (exact) mass is 268 g/mol. The smallest absolute Gasteiger partial charge is 0.159 e. The van der Waals surface area contributed by atoms with Crippen LogP contribution in [0.4, 0.5) is 8.78 Å². The van der Waals surface area contributed by atoms with Crippen molar-refractivity contribution in [3.05, 3.63) is 57.3 Å². The van der Waals surface area contributed by atoms with Crippen molar-refractivity contribution in [2.24, 2.45) is 5.84 Å². The molecule has 18 heavy (non-hydrogen) atoms. The van der Waals surface area contributed by atoms with Crippen molar-refractivity contribution in [3.63, 3.8) is 0 Å². The maximum Gasteiger partial charge on any atom is 0.159 e. The minimum Gasteiger partial charge on any atom is -0.271 e. The third-order valence-corrected chi connectivity index (χ3v) is 3.66. The maximum absolute atomic E-state index is 13.1. The van der Waals surface area contributed by atoms with Gasteiger partial charge in [0.1, 0.15) is 0 Å². The predicted molar refractivity (Wildman–Crippen MR) is 69.2 cm³/mol. The first-order chi connectivity index (χ1) is 8.60. The van der Waals surface area contributed by atoms with Gasteiger partial charge in [0, 0.05) is 4.88 Å². The number of hydrazine groups is 1. The van der Waals surface area contributed by atoms with Gasteiger partial charge < -0.3 is 0 Å². The Bertz CT molecular complexity index is 540. The zero-order chi connectivity index (χ0) is 13.1. The van der Waals surface area contributed by atoms with Crippen molar-refractivity contribution in [2.75, 3.05) is 0 Å². The van der Waals surface area contributed by atoms with Gasteiger partial charge in [0.05, 0.1) is 6.04 Å². The minimum absolute atomic E-state index is 0.0974. The van der Waals surface area contributed by atoms with Gasteiger partial charge in [-0.25, -0.2) is 8.78 Å². The van der Waals surface area contributed by atoms with Crippen LogP contribution in [-0.4, -0.2) is 0 Å². The van der Waals surface area contributed by atoms with Gasteiger partial charge in [-0.3, -0.25) is 11.3 Å². The predicted octanol–water partition coefficient (Wildman–Crippen LogP) is 3.08. The molecule has 0 bridgehead atoms. The molecule has 1 aromatic carbocycles. The summed E-state index contributed by atoms with van der Waals surface area (Å²) in [5, 5.41) is 2.01. The fourth-order valence-corrected chi connectivity index (χ4v) is 2.58. The third-order valence-electron chi connectivity index (χ3n) is 2.78. The maximum atomic E-state index is 13.1. The van der Waals surface area contributed by atoms with E-state index in [1.165, 1.54) is 10.9 Å². The van der Waals surface area contributed by atoms with Crippen LogP contribution in [0.5, 0.6) is 0 Å². The standard InChI is InChI=1S/C13H14F2N2S/c1-8-4-10(7-18-8)13(17-16)6-9-2-3-11(14)12(15)5-9/h2-5,7,13,17H,6,16H2,1H3. The number of nitrogens with one attached hydrogen (secondary N) is 1. The van der Waals surface area contributed by atoms with E-state index in [4.69, 9.17) is 5.84 Å². The van der Waals surface area contributed by atoms with Crippen LogP contribution in [0.3, 0.4) is 0 Å². The highest BCUT2D eigenvalue weighted by molar-refractivity contribution is 7.10. The van der Waals surface area contributed by atoms with Crippen molar-refractivity contribution >= 4 is 11.3 Å². The Morgan fingerprint density at radius 1 is 1.28 bits per heavy atom. The third kappa shape index (κ3) is 2.93. The molecule has 0 aliphatic rings. The summed E-state index contributed by atoms with van der Waals surface area (Å²) in [4.78, 5) is 1.19. The van der Waals surface area contributed by atoms with Crippen LogP contribution < -0.4 is 11.3 Å². The van der Waals surface area contributed by atoms with Crippen LogP contribution in [0.15, 0.2) is 29.6 Å². The van der Waals surface area contributed by atoms with Crippen molar-refractivity contribution in [3.8, 4) is 0 Å². The average molecular weight is 268 g/mol. The summed E-state index contributed by atoms with van der Waals surface area (Å²) in [5.74, 6) is 3.86. The molecule has 0 amide bonds. The molecule has 3 N–H and O–H groups in total. The summed E-state index contributed by atoms with van der Waals surface area (Å²) in [7, 11) is 0. The van der Waals surface area contributed by atoms with Gasteiger partial charge >= 0.3 is 0 Å². The lowest BCUT2D eigenvalue weighted by atomic mass is 10.0. The molecule has 2 rings (SSSR count). The van der Waals surface area contributed by atoms with E-state index >= 15 is 0 Å². The molecule has 2 nitrogen and oxygen atoms in total. The first-order valence-corrected chi connectivity index (χ1v) is 6.43. The molecular weight excluding hydrogens is 254 g/mol. The zero-order valence-corrected chi connectivity index (χ0v) is 10.7. The topological polar surface area (TPSA) is 38.0 Å². The van der Waals surface area contributed by atoms with E-state index in [-0.39, 0.29) is 6.04 Å². The Morgan fingerprint density at radius 2 is 2.06 bits per heavy atom. The second-order valence-corrected chi connectivity index (χ2v) is 5.28. The number of nitrogens with two attached hydrogens (primary N) is 1. The quantitative estimate of drug-likeness (QED) is 0.660. The fraction of sp³-hybridized carbons (Fsp3) is 0.231. The highest BCUT2D eigenvalue weighted by Gasteiger charge is 2.13. The Balaban J connectivity index is 2.17. The summed E-state index contributed by atoms with van der Waals surface area (Å²) in [6, 6.07) is 5.85. The molecule has 1 atom stereocenters. The lowest BCUT2D eigenvalue weighted by molar-refractivity contribution is 0.502. The van der Waals surface area contributed by atoms with Crippen molar-refractivity contribution in [2.45, 2.75) is 19.4 Å². The number of hydrogen-bond acceptors (Lipinski definition) is 3. The normalized spacial score (nSPS) is 12.7. The molecule has 0 saturated carbocycles. The second kappa shape index (κ2) is 5.56. The van der Waals surface area contributed by atoms with Crippen molar-refractivity contribution < 1.29 is 8.78 Å². The lowest BCUT2D eigenvalue weighted by Gasteiger charge is -2.14. The van der Waals surface area contributed by atoms with E-state index in [1.54, 1.807) is 17.4 Å². The van der Waals surface area contributed by atoms with E-state index in [0.29, 0.717) is 12.0 Å². The first kappa shape index (κ1) is 13.1. The number of hydrogen-bond donors (Lipinski definition) is 2. The number of thiophene rings is 1. The van der Waals surface area contributed by atoms with Crippen LogP contribution in [-0.2, 0) is 6.42 Å². The molecule has 2 aromatic rings. The molecular formula is C13H14F2N2S. The number of rotatable bonds is 4. The summed E-state index contributed by atoms with van der Waals surface area (Å²) in [6.45, 7) is 2.01. The fourth-order valence-electron chi connectivity index (χ4n) is 1.82. The van der Waals surface area contributed by atoms with Gasteiger partial charge in [0.25, 0.3) is 0 Å². The lowest BCUT2D eigenvalue weighted by Crippen LogP contribution is -2.29. The summed E-state index contributed by atoms with van der Waals surface area (Å²) in [6.07, 6.45) is 0.518. The van der Waals surface area contributed by atoms with Crippen LogP contribution >= 0.6 is 11.3 Å². The van der Waals surface area contributed by atoms with E-state index < -0.39 is 11.6 Å². The summed E-state index contributed by atoms with van der Waals surface area (Å²) < 4.78 is 25.9. The van der Waals surface area contributed by atoms with Crippen molar-refractivity contribution in [1.29, 1.82) is 0 Å². The zero-order valence-electron chi connectivity index (χ0n) is 9.91. The van der Waals surface area contributed by atoms with Crippen LogP contribution in [0, 0.1) is 18.6 Å². The number of halogens is 2. The molecule has 0 fully saturated rings. The van der Waals surface area contributed by atoms with E-state index in [2.05, 4.69) is 5.43 Å². The molecule has 0 radical (unpaired) electrons. The highest BCUT2D eigenvalue weighted by atomic mass is 32.1. The Morgan fingerprint density at radius 3 is 2.61 bits per heavy atom. The van der Waals surface area contributed by atoms with Crippen LogP contribution in [0.1, 0.15) is 22.0 Å².